The van der Waals surface area contributed by atoms with Crippen molar-refractivity contribution in [3.8, 4) is 0 Å². The molecule has 0 spiro atoms. The quantitative estimate of drug-likeness (QED) is 0.705. The van der Waals surface area contributed by atoms with Crippen LogP contribution >= 0.6 is 0 Å². The number of benzene rings is 1. The van der Waals surface area contributed by atoms with Gasteiger partial charge >= 0.3 is 5.97 Å². The fourth-order valence-electron chi connectivity index (χ4n) is 2.77. The van der Waals surface area contributed by atoms with Crippen molar-refractivity contribution in [1.29, 1.82) is 0 Å². The molecule has 5 nitrogen and oxygen atoms in total. The second-order valence-corrected chi connectivity index (χ2v) is 4.90. The third-order valence-electron chi connectivity index (χ3n) is 3.70. The molecule has 0 bridgehead atoms. The van der Waals surface area contributed by atoms with Crippen molar-refractivity contribution in [2.24, 2.45) is 0 Å². The maximum atomic E-state index is 11.1. The van der Waals surface area contributed by atoms with E-state index in [1.807, 2.05) is 6.07 Å². The molecule has 1 atom stereocenters. The number of rotatable bonds is 5. The molecule has 104 valence electrons. The second-order valence-electron chi connectivity index (χ2n) is 4.90. The number of carbonyl (C=O) groups is 1. The predicted octanol–water partition coefficient (Wildman–Crippen LogP) is 1.71. The lowest BCUT2D eigenvalue weighted by Crippen LogP contribution is -2.30. The molecule has 0 saturated carbocycles. The third-order valence-corrected chi connectivity index (χ3v) is 3.70. The van der Waals surface area contributed by atoms with Crippen molar-refractivity contribution in [2.75, 3.05) is 23.8 Å². The van der Waals surface area contributed by atoms with E-state index in [0.29, 0.717) is 11.7 Å². The highest BCUT2D eigenvalue weighted by atomic mass is 16.4. The van der Waals surface area contributed by atoms with E-state index in [-0.39, 0.29) is 12.2 Å². The summed E-state index contributed by atoms with van der Waals surface area (Å²) in [7, 11) is 0. The number of hydrogen-bond acceptors (Lipinski definition) is 4. The summed E-state index contributed by atoms with van der Waals surface area (Å²) in [6.45, 7) is 1.08. The van der Waals surface area contributed by atoms with Gasteiger partial charge in [-0.15, -0.1) is 0 Å². The smallest absolute Gasteiger partial charge is 0.337 e. The van der Waals surface area contributed by atoms with Gasteiger partial charge in [0.05, 0.1) is 16.9 Å². The Morgan fingerprint density at radius 2 is 2.26 bits per heavy atom. The summed E-state index contributed by atoms with van der Waals surface area (Å²) in [6, 6.07) is 5.48. The summed E-state index contributed by atoms with van der Waals surface area (Å²) in [5, 5.41) is 18.0. The average molecular weight is 264 g/mol. The van der Waals surface area contributed by atoms with E-state index in [1.165, 1.54) is 6.07 Å². The number of nitrogen functional groups attached to an aromatic ring is 1. The number of aliphatic hydroxyl groups excluding tert-OH is 1. The van der Waals surface area contributed by atoms with Crippen molar-refractivity contribution in [3.05, 3.63) is 23.8 Å². The van der Waals surface area contributed by atoms with Gasteiger partial charge in [0, 0.05) is 19.2 Å². The Bertz CT molecular complexity index is 462. The van der Waals surface area contributed by atoms with Gasteiger partial charge in [-0.05, 0) is 37.8 Å². The van der Waals surface area contributed by atoms with Crippen LogP contribution in [0.25, 0.3) is 0 Å². The van der Waals surface area contributed by atoms with Crippen LogP contribution in [0, 0.1) is 0 Å². The molecule has 1 saturated heterocycles. The molecule has 1 unspecified atom stereocenters. The number of aromatic carboxylic acids is 1. The molecule has 1 aliphatic rings. The SMILES string of the molecule is Nc1c(C(=O)O)cccc1N1CCCC1CCCO. The maximum Gasteiger partial charge on any atom is 0.337 e. The minimum atomic E-state index is -0.995. The van der Waals surface area contributed by atoms with Gasteiger partial charge in [-0.25, -0.2) is 4.79 Å². The number of hydrogen-bond donors (Lipinski definition) is 3. The molecule has 4 N–H and O–H groups in total. The molecule has 5 heteroatoms. The van der Waals surface area contributed by atoms with Crippen molar-refractivity contribution >= 4 is 17.3 Å². The molecule has 1 heterocycles. The summed E-state index contributed by atoms with van der Waals surface area (Å²) in [5.41, 5.74) is 7.29. The molecule has 1 aromatic rings. The van der Waals surface area contributed by atoms with Crippen molar-refractivity contribution in [2.45, 2.75) is 31.7 Å². The first kappa shape index (κ1) is 13.7. The largest absolute Gasteiger partial charge is 0.478 e. The summed E-state index contributed by atoms with van der Waals surface area (Å²) in [6.07, 6.45) is 3.82. The van der Waals surface area contributed by atoms with E-state index in [2.05, 4.69) is 4.90 Å². The number of carboxylic acids is 1. The Labute approximate surface area is 112 Å². The number of aliphatic hydroxyl groups is 1. The molecular weight excluding hydrogens is 244 g/mol. The van der Waals surface area contributed by atoms with Gasteiger partial charge in [0.25, 0.3) is 0 Å². The minimum absolute atomic E-state index is 0.158. The molecule has 1 aromatic carbocycles. The standard InChI is InChI=1S/C14H20N2O3/c15-13-11(14(18)19)6-1-7-12(13)16-8-2-4-10(16)5-3-9-17/h1,6-7,10,17H,2-5,8-9,15H2,(H,18,19). The summed E-state index contributed by atoms with van der Waals surface area (Å²) in [4.78, 5) is 13.3. The van der Waals surface area contributed by atoms with E-state index >= 15 is 0 Å². The Morgan fingerprint density at radius 3 is 2.95 bits per heavy atom. The third kappa shape index (κ3) is 2.81. The molecule has 0 radical (unpaired) electrons. The Kier molecular flexibility index (Phi) is 4.27. The van der Waals surface area contributed by atoms with Crippen LogP contribution in [0.3, 0.4) is 0 Å². The molecule has 19 heavy (non-hydrogen) atoms. The maximum absolute atomic E-state index is 11.1. The Hall–Kier alpha value is -1.75. The number of para-hydroxylation sites is 1. The molecular formula is C14H20N2O3. The monoisotopic (exact) mass is 264 g/mol. The van der Waals surface area contributed by atoms with E-state index < -0.39 is 5.97 Å². The molecule has 0 amide bonds. The van der Waals surface area contributed by atoms with Gasteiger partial charge < -0.3 is 20.8 Å². The minimum Gasteiger partial charge on any atom is -0.478 e. The van der Waals surface area contributed by atoms with Crippen molar-refractivity contribution < 1.29 is 15.0 Å². The zero-order chi connectivity index (χ0) is 13.8. The van der Waals surface area contributed by atoms with Crippen LogP contribution < -0.4 is 10.6 Å². The van der Waals surface area contributed by atoms with Gasteiger partial charge in [0.1, 0.15) is 0 Å². The van der Waals surface area contributed by atoms with Crippen LogP contribution in [-0.2, 0) is 0 Å². The van der Waals surface area contributed by atoms with Crippen LogP contribution in [0.4, 0.5) is 11.4 Å². The van der Waals surface area contributed by atoms with Gasteiger partial charge in [-0.1, -0.05) is 6.07 Å². The predicted molar refractivity (Wildman–Crippen MR) is 74.5 cm³/mol. The van der Waals surface area contributed by atoms with Crippen LogP contribution in [0.2, 0.25) is 0 Å². The lowest BCUT2D eigenvalue weighted by Gasteiger charge is -2.28. The van der Waals surface area contributed by atoms with E-state index in [1.54, 1.807) is 6.07 Å². The Balaban J connectivity index is 2.25. The lowest BCUT2D eigenvalue weighted by molar-refractivity contribution is 0.0698. The van der Waals surface area contributed by atoms with E-state index in [0.717, 1.165) is 37.9 Å². The van der Waals surface area contributed by atoms with Crippen LogP contribution in [0.15, 0.2) is 18.2 Å². The number of nitrogens with zero attached hydrogens (tertiary/aromatic N) is 1. The molecule has 2 rings (SSSR count). The van der Waals surface area contributed by atoms with E-state index in [4.69, 9.17) is 15.9 Å². The molecule has 0 aromatic heterocycles. The molecule has 1 aliphatic heterocycles. The molecule has 0 aliphatic carbocycles. The van der Waals surface area contributed by atoms with E-state index in [9.17, 15) is 4.79 Å². The number of anilines is 2. The topological polar surface area (TPSA) is 86.8 Å². The summed E-state index contributed by atoms with van der Waals surface area (Å²) < 4.78 is 0. The first-order valence-electron chi connectivity index (χ1n) is 6.64. The first-order chi connectivity index (χ1) is 9.15. The fraction of sp³-hybridized carbons (Fsp3) is 0.500. The molecule has 1 fully saturated rings. The zero-order valence-corrected chi connectivity index (χ0v) is 10.9. The van der Waals surface area contributed by atoms with Crippen LogP contribution in [-0.4, -0.2) is 35.4 Å². The second kappa shape index (κ2) is 5.93. The average Bonchev–Trinajstić information content (AvgIpc) is 2.84. The number of carboxylic acid groups (broad SMARTS) is 1. The van der Waals surface area contributed by atoms with Crippen molar-refractivity contribution in [1.82, 2.24) is 0 Å². The van der Waals surface area contributed by atoms with Gasteiger partial charge in [-0.2, -0.15) is 0 Å². The summed E-state index contributed by atoms with van der Waals surface area (Å²) in [5.74, 6) is -0.995. The highest BCUT2D eigenvalue weighted by Crippen LogP contribution is 2.33. The van der Waals surface area contributed by atoms with Gasteiger partial charge in [0.2, 0.25) is 0 Å². The highest BCUT2D eigenvalue weighted by molar-refractivity contribution is 5.97. The van der Waals surface area contributed by atoms with Crippen molar-refractivity contribution in [3.63, 3.8) is 0 Å². The highest BCUT2D eigenvalue weighted by Gasteiger charge is 2.26. The van der Waals surface area contributed by atoms with Gasteiger partial charge in [0.15, 0.2) is 0 Å². The summed E-state index contributed by atoms with van der Waals surface area (Å²) >= 11 is 0. The van der Waals surface area contributed by atoms with Gasteiger partial charge in [-0.3, -0.25) is 0 Å². The fourth-order valence-corrected chi connectivity index (χ4v) is 2.77. The Morgan fingerprint density at radius 1 is 1.47 bits per heavy atom. The normalized spacial score (nSPS) is 18.8. The lowest BCUT2D eigenvalue weighted by atomic mass is 10.1. The van der Waals surface area contributed by atoms with Crippen LogP contribution in [0.1, 0.15) is 36.0 Å². The zero-order valence-electron chi connectivity index (χ0n) is 10.9. The first-order valence-corrected chi connectivity index (χ1v) is 6.64. The number of nitrogens with two attached hydrogens (primary N) is 1. The van der Waals surface area contributed by atoms with Crippen LogP contribution in [0.5, 0.6) is 0 Å².